The fraction of sp³-hybridized carbons (Fsp3) is 0.235. The molecule has 0 atom stereocenters. The number of hydrogen-bond acceptors (Lipinski definition) is 4. The fourth-order valence-electron chi connectivity index (χ4n) is 2.13. The molecule has 0 saturated carbocycles. The molecule has 0 aromatic heterocycles. The van der Waals surface area contributed by atoms with Gasteiger partial charge in [-0.25, -0.2) is 13.1 Å². The molecule has 6 nitrogen and oxygen atoms in total. The van der Waals surface area contributed by atoms with Crippen LogP contribution in [-0.2, 0) is 20.6 Å². The number of anilines is 1. The van der Waals surface area contributed by atoms with Crippen LogP contribution in [0.5, 0.6) is 5.75 Å². The monoisotopic (exact) mass is 382 g/mol. The Morgan fingerprint density at radius 2 is 1.84 bits per heavy atom. The Kier molecular flexibility index (Phi) is 6.41. The second kappa shape index (κ2) is 8.33. The molecule has 0 heterocycles. The van der Waals surface area contributed by atoms with Crippen LogP contribution in [0.15, 0.2) is 42.5 Å². The van der Waals surface area contributed by atoms with Gasteiger partial charge in [-0.2, -0.15) is 0 Å². The molecule has 25 heavy (non-hydrogen) atoms. The molecule has 0 fully saturated rings. The largest absolute Gasteiger partial charge is 0.496 e. The van der Waals surface area contributed by atoms with Crippen molar-refractivity contribution in [1.29, 1.82) is 0 Å². The van der Waals surface area contributed by atoms with E-state index in [1.54, 1.807) is 24.3 Å². The first-order valence-corrected chi connectivity index (χ1v) is 9.48. The number of ether oxygens (including phenoxy) is 1. The third-order valence-electron chi connectivity index (χ3n) is 3.38. The van der Waals surface area contributed by atoms with Gasteiger partial charge in [0.25, 0.3) is 0 Å². The van der Waals surface area contributed by atoms with Crippen LogP contribution < -0.4 is 14.8 Å². The zero-order valence-electron chi connectivity index (χ0n) is 13.9. The van der Waals surface area contributed by atoms with Gasteiger partial charge in [-0.1, -0.05) is 29.3 Å². The summed E-state index contributed by atoms with van der Waals surface area (Å²) in [6.45, 7) is 1.57. The lowest BCUT2D eigenvalue weighted by Crippen LogP contribution is -2.33. The number of rotatable bonds is 7. The third-order valence-corrected chi connectivity index (χ3v) is 4.89. The van der Waals surface area contributed by atoms with Gasteiger partial charge >= 0.3 is 0 Å². The van der Waals surface area contributed by atoms with Gasteiger partial charge < -0.3 is 10.1 Å². The van der Waals surface area contributed by atoms with E-state index >= 15 is 0 Å². The van der Waals surface area contributed by atoms with E-state index in [-0.39, 0.29) is 12.3 Å². The van der Waals surface area contributed by atoms with E-state index in [2.05, 4.69) is 10.0 Å². The number of halogens is 1. The van der Waals surface area contributed by atoms with Crippen LogP contribution in [0.1, 0.15) is 11.1 Å². The number of benzene rings is 2. The first-order chi connectivity index (χ1) is 11.8. The van der Waals surface area contributed by atoms with E-state index in [1.165, 1.54) is 13.2 Å². The summed E-state index contributed by atoms with van der Waals surface area (Å²) in [5, 5.41) is 3.03. The second-order valence-electron chi connectivity index (χ2n) is 5.45. The van der Waals surface area contributed by atoms with Crippen molar-refractivity contribution < 1.29 is 17.9 Å². The smallest absolute Gasteiger partial charge is 0.239 e. The van der Waals surface area contributed by atoms with E-state index in [1.807, 2.05) is 19.1 Å². The first kappa shape index (κ1) is 19.2. The van der Waals surface area contributed by atoms with Gasteiger partial charge in [0, 0.05) is 16.3 Å². The van der Waals surface area contributed by atoms with Crippen molar-refractivity contribution in [2.75, 3.05) is 19.0 Å². The fourth-order valence-corrected chi connectivity index (χ4v) is 3.42. The van der Waals surface area contributed by atoms with Crippen LogP contribution in [0.3, 0.4) is 0 Å². The van der Waals surface area contributed by atoms with Gasteiger partial charge in [-0.05, 0) is 37.3 Å². The van der Waals surface area contributed by atoms with Gasteiger partial charge in [-0.3, -0.25) is 4.79 Å². The van der Waals surface area contributed by atoms with Gasteiger partial charge in [0.2, 0.25) is 15.9 Å². The van der Waals surface area contributed by atoms with Gasteiger partial charge in [-0.15, -0.1) is 0 Å². The lowest BCUT2D eigenvalue weighted by atomic mass is 10.2. The van der Waals surface area contributed by atoms with Gasteiger partial charge in [0.1, 0.15) is 5.75 Å². The Hall–Kier alpha value is -2.09. The summed E-state index contributed by atoms with van der Waals surface area (Å²) >= 11 is 5.90. The van der Waals surface area contributed by atoms with Crippen molar-refractivity contribution in [3.05, 3.63) is 58.6 Å². The Balaban J connectivity index is 1.96. The predicted molar refractivity (Wildman–Crippen MR) is 98.4 cm³/mol. The maximum atomic E-state index is 12.2. The molecule has 2 aromatic rings. The Bertz CT molecular complexity index is 851. The number of hydrogen-bond donors (Lipinski definition) is 2. The normalized spacial score (nSPS) is 11.2. The van der Waals surface area contributed by atoms with Crippen LogP contribution in [0.4, 0.5) is 5.69 Å². The highest BCUT2D eigenvalue weighted by atomic mass is 35.5. The minimum Gasteiger partial charge on any atom is -0.496 e. The molecule has 0 aliphatic heterocycles. The van der Waals surface area contributed by atoms with Crippen molar-refractivity contribution in [2.24, 2.45) is 0 Å². The molecular formula is C17H19ClN2O4S. The number of sulfonamides is 1. The topological polar surface area (TPSA) is 84.5 Å². The number of carbonyl (C=O) groups excluding carboxylic acids is 1. The molecule has 8 heteroatoms. The Morgan fingerprint density at radius 1 is 1.16 bits per heavy atom. The molecule has 0 bridgehead atoms. The average molecular weight is 383 g/mol. The summed E-state index contributed by atoms with van der Waals surface area (Å²) in [5.74, 6) is -0.376. The third kappa shape index (κ3) is 6.04. The summed E-state index contributed by atoms with van der Waals surface area (Å²) in [5.41, 5.74) is 2.09. The average Bonchev–Trinajstić information content (AvgIpc) is 2.55. The number of nitrogens with one attached hydrogen (secondary N) is 2. The molecular weight excluding hydrogens is 364 g/mol. The highest BCUT2D eigenvalue weighted by Gasteiger charge is 2.17. The SMILES string of the molecule is COc1ccc(Cl)cc1CS(=O)(=O)NCC(=O)Nc1ccc(C)cc1. The lowest BCUT2D eigenvalue weighted by molar-refractivity contribution is -0.115. The zero-order valence-corrected chi connectivity index (χ0v) is 15.4. The van der Waals surface area contributed by atoms with Crippen molar-refractivity contribution in [2.45, 2.75) is 12.7 Å². The molecule has 0 spiro atoms. The van der Waals surface area contributed by atoms with E-state index in [0.717, 1.165) is 5.56 Å². The molecule has 0 radical (unpaired) electrons. The van der Waals surface area contributed by atoms with Crippen LogP contribution in [-0.4, -0.2) is 28.0 Å². The Morgan fingerprint density at radius 3 is 2.48 bits per heavy atom. The van der Waals surface area contributed by atoms with Crippen molar-refractivity contribution in [3.8, 4) is 5.75 Å². The number of amides is 1. The lowest BCUT2D eigenvalue weighted by Gasteiger charge is -2.11. The standard InChI is InChI=1S/C17H19ClN2O4S/c1-12-3-6-15(7-4-12)20-17(21)10-19-25(22,23)11-13-9-14(18)5-8-16(13)24-2/h3-9,19H,10-11H2,1-2H3,(H,20,21). The van der Waals surface area contributed by atoms with Gasteiger partial charge in [0.05, 0.1) is 19.4 Å². The van der Waals surface area contributed by atoms with Crippen molar-refractivity contribution >= 4 is 33.2 Å². The quantitative estimate of drug-likeness (QED) is 0.771. The maximum absolute atomic E-state index is 12.2. The molecule has 0 aliphatic rings. The molecule has 0 saturated heterocycles. The molecule has 0 unspecified atom stereocenters. The summed E-state index contributed by atoms with van der Waals surface area (Å²) < 4.78 is 31.8. The summed E-state index contributed by atoms with van der Waals surface area (Å²) in [7, 11) is -2.28. The van der Waals surface area contributed by atoms with Crippen LogP contribution in [0, 0.1) is 6.92 Å². The molecule has 2 aromatic carbocycles. The molecule has 0 aliphatic carbocycles. The highest BCUT2D eigenvalue weighted by molar-refractivity contribution is 7.88. The number of carbonyl (C=O) groups is 1. The zero-order chi connectivity index (χ0) is 18.4. The van der Waals surface area contributed by atoms with E-state index < -0.39 is 15.9 Å². The highest BCUT2D eigenvalue weighted by Crippen LogP contribution is 2.24. The summed E-state index contributed by atoms with van der Waals surface area (Å²) in [6.07, 6.45) is 0. The Labute approximate surface area is 152 Å². The predicted octanol–water partition coefficient (Wildman–Crippen LogP) is 2.72. The molecule has 2 rings (SSSR count). The minimum atomic E-state index is -3.73. The van der Waals surface area contributed by atoms with Crippen LogP contribution in [0.25, 0.3) is 0 Å². The summed E-state index contributed by atoms with van der Waals surface area (Å²) in [6, 6.07) is 11.9. The summed E-state index contributed by atoms with van der Waals surface area (Å²) in [4.78, 5) is 11.9. The molecule has 2 N–H and O–H groups in total. The molecule has 134 valence electrons. The number of aryl methyl sites for hydroxylation is 1. The second-order valence-corrected chi connectivity index (χ2v) is 7.69. The maximum Gasteiger partial charge on any atom is 0.239 e. The van der Waals surface area contributed by atoms with Crippen molar-refractivity contribution in [1.82, 2.24) is 4.72 Å². The van der Waals surface area contributed by atoms with Crippen molar-refractivity contribution in [3.63, 3.8) is 0 Å². The van der Waals surface area contributed by atoms with Gasteiger partial charge in [0.15, 0.2) is 0 Å². The first-order valence-electron chi connectivity index (χ1n) is 7.45. The number of methoxy groups -OCH3 is 1. The molecule has 1 amide bonds. The minimum absolute atomic E-state index is 0.339. The van der Waals surface area contributed by atoms with E-state index in [9.17, 15) is 13.2 Å². The van der Waals surface area contributed by atoms with E-state index in [0.29, 0.717) is 22.0 Å². The van der Waals surface area contributed by atoms with Crippen LogP contribution in [0.2, 0.25) is 5.02 Å². The van der Waals surface area contributed by atoms with E-state index in [4.69, 9.17) is 16.3 Å². The van der Waals surface area contributed by atoms with Crippen LogP contribution >= 0.6 is 11.6 Å².